The number of halogens is 3. The summed E-state index contributed by atoms with van der Waals surface area (Å²) in [5, 5.41) is 10.1. The van der Waals surface area contributed by atoms with Crippen molar-refractivity contribution in [3.8, 4) is 0 Å². The zero-order valence-corrected chi connectivity index (χ0v) is 15.7. The molecule has 0 bridgehead atoms. The average Bonchev–Trinajstić information content (AvgIpc) is 3.08. The van der Waals surface area contributed by atoms with Gasteiger partial charge in [-0.25, -0.2) is 4.98 Å². The molecule has 1 heterocycles. The first-order valence-electron chi connectivity index (χ1n) is 8.10. The van der Waals surface area contributed by atoms with Crippen molar-refractivity contribution in [2.75, 3.05) is 18.9 Å². The van der Waals surface area contributed by atoms with E-state index in [0.29, 0.717) is 17.5 Å². The smallest absolute Gasteiger partial charge is 0.356 e. The average molecular weight is 399 g/mol. The summed E-state index contributed by atoms with van der Waals surface area (Å²) in [5.41, 5.74) is 0.926. The fourth-order valence-corrected chi connectivity index (χ4v) is 2.93. The van der Waals surface area contributed by atoms with E-state index in [2.05, 4.69) is 25.9 Å². The largest absolute Gasteiger partial charge is 0.434 e. The van der Waals surface area contributed by atoms with Crippen LogP contribution in [0.5, 0.6) is 0 Å². The van der Waals surface area contributed by atoms with Gasteiger partial charge in [0.2, 0.25) is 5.91 Å². The minimum absolute atomic E-state index is 0.123. The van der Waals surface area contributed by atoms with E-state index in [9.17, 15) is 18.0 Å². The lowest BCUT2D eigenvalue weighted by atomic mass is 10.1. The molecule has 0 saturated carbocycles. The number of amides is 1. The number of aliphatic imine (C=N–C) groups is 1. The lowest BCUT2D eigenvalue weighted by Gasteiger charge is -2.11. The Kier molecular flexibility index (Phi) is 7.17. The highest BCUT2D eigenvalue weighted by molar-refractivity contribution is 7.09. The molecule has 0 saturated heterocycles. The van der Waals surface area contributed by atoms with Crippen LogP contribution in [0.3, 0.4) is 0 Å². The van der Waals surface area contributed by atoms with E-state index in [1.807, 2.05) is 24.3 Å². The van der Waals surface area contributed by atoms with Gasteiger partial charge in [0.1, 0.15) is 5.01 Å². The topological polar surface area (TPSA) is 78.4 Å². The normalized spacial score (nSPS) is 12.0. The van der Waals surface area contributed by atoms with E-state index in [1.54, 1.807) is 7.05 Å². The fourth-order valence-electron chi connectivity index (χ4n) is 2.19. The number of nitrogens with one attached hydrogen (secondary N) is 3. The molecule has 1 aromatic carbocycles. The van der Waals surface area contributed by atoms with Crippen molar-refractivity contribution in [2.24, 2.45) is 4.99 Å². The van der Waals surface area contributed by atoms with Crippen molar-refractivity contribution in [3.05, 3.63) is 45.9 Å². The first-order valence-corrected chi connectivity index (χ1v) is 8.98. The van der Waals surface area contributed by atoms with Gasteiger partial charge in [0.15, 0.2) is 11.7 Å². The van der Waals surface area contributed by atoms with Gasteiger partial charge in [-0.2, -0.15) is 13.2 Å². The van der Waals surface area contributed by atoms with Crippen LogP contribution in [0.2, 0.25) is 0 Å². The summed E-state index contributed by atoms with van der Waals surface area (Å²) in [6, 6.07) is 7.48. The number of carbonyl (C=O) groups excluding carboxylic acids is 1. The molecule has 2 aromatic rings. The second-order valence-electron chi connectivity index (χ2n) is 5.60. The molecule has 2 rings (SSSR count). The molecule has 146 valence electrons. The van der Waals surface area contributed by atoms with Crippen LogP contribution in [0.25, 0.3) is 0 Å². The molecule has 0 unspecified atom stereocenters. The highest BCUT2D eigenvalue weighted by Gasteiger charge is 2.33. The Balaban J connectivity index is 1.77. The number of nitrogens with zero attached hydrogens (tertiary/aromatic N) is 2. The van der Waals surface area contributed by atoms with Crippen molar-refractivity contribution in [1.82, 2.24) is 15.6 Å². The van der Waals surface area contributed by atoms with Crippen molar-refractivity contribution in [3.63, 3.8) is 0 Å². The molecule has 3 N–H and O–H groups in total. The van der Waals surface area contributed by atoms with Crippen LogP contribution in [-0.2, 0) is 23.9 Å². The molecule has 10 heteroatoms. The number of hydrogen-bond donors (Lipinski definition) is 3. The predicted molar refractivity (Wildman–Crippen MR) is 99.8 cm³/mol. The maximum atomic E-state index is 12.5. The number of carbonyl (C=O) groups is 1. The molecule has 0 radical (unpaired) electrons. The van der Waals surface area contributed by atoms with Crippen LogP contribution in [0.15, 0.2) is 34.6 Å². The lowest BCUT2D eigenvalue weighted by molar-refractivity contribution is -0.140. The molecule has 1 aromatic heterocycles. The van der Waals surface area contributed by atoms with E-state index in [-0.39, 0.29) is 12.5 Å². The van der Waals surface area contributed by atoms with Gasteiger partial charge in [-0.05, 0) is 24.1 Å². The van der Waals surface area contributed by atoms with Crippen LogP contribution in [-0.4, -0.2) is 30.4 Å². The number of alkyl halides is 3. The third-order valence-corrected chi connectivity index (χ3v) is 4.30. The molecule has 27 heavy (non-hydrogen) atoms. The van der Waals surface area contributed by atoms with E-state index < -0.39 is 11.9 Å². The van der Waals surface area contributed by atoms with Gasteiger partial charge in [0.25, 0.3) is 0 Å². The minimum Gasteiger partial charge on any atom is -0.356 e. The maximum absolute atomic E-state index is 12.5. The van der Waals surface area contributed by atoms with Crippen LogP contribution < -0.4 is 16.0 Å². The molecule has 1 amide bonds. The second-order valence-corrected chi connectivity index (χ2v) is 6.55. The Morgan fingerprint density at radius 1 is 1.22 bits per heavy atom. The molecule has 0 spiro atoms. The molecule has 0 aliphatic carbocycles. The number of anilines is 1. The molecule has 0 aliphatic heterocycles. The number of benzene rings is 1. The number of hydrogen-bond acceptors (Lipinski definition) is 4. The highest BCUT2D eigenvalue weighted by Crippen LogP contribution is 2.29. The first kappa shape index (κ1) is 20.7. The lowest BCUT2D eigenvalue weighted by Crippen LogP contribution is -2.37. The summed E-state index contributed by atoms with van der Waals surface area (Å²) in [5.74, 6) is 0.357. The van der Waals surface area contributed by atoms with Gasteiger partial charge < -0.3 is 16.0 Å². The summed E-state index contributed by atoms with van der Waals surface area (Å²) < 4.78 is 37.6. The summed E-state index contributed by atoms with van der Waals surface area (Å²) >= 11 is 0.949. The Morgan fingerprint density at radius 3 is 2.48 bits per heavy atom. The second kappa shape index (κ2) is 9.36. The third kappa shape index (κ3) is 6.89. The van der Waals surface area contributed by atoms with Crippen LogP contribution in [0.1, 0.15) is 23.2 Å². The van der Waals surface area contributed by atoms with Crippen LogP contribution in [0, 0.1) is 0 Å². The number of guanidine groups is 1. The van der Waals surface area contributed by atoms with Crippen molar-refractivity contribution < 1.29 is 18.0 Å². The van der Waals surface area contributed by atoms with E-state index in [0.717, 1.165) is 34.4 Å². The summed E-state index contributed by atoms with van der Waals surface area (Å²) in [6.45, 7) is 2.20. The van der Waals surface area contributed by atoms with E-state index in [4.69, 9.17) is 0 Å². The van der Waals surface area contributed by atoms with Gasteiger partial charge in [-0.1, -0.05) is 12.1 Å². The number of rotatable bonds is 6. The quantitative estimate of drug-likeness (QED) is 0.515. The zero-order chi connectivity index (χ0) is 19.9. The Morgan fingerprint density at radius 2 is 1.93 bits per heavy atom. The zero-order valence-electron chi connectivity index (χ0n) is 14.9. The van der Waals surface area contributed by atoms with Crippen LogP contribution >= 0.6 is 11.3 Å². The summed E-state index contributed by atoms with van der Waals surface area (Å²) in [7, 11) is 1.58. The van der Waals surface area contributed by atoms with Gasteiger partial charge >= 0.3 is 6.18 Å². The monoisotopic (exact) mass is 399 g/mol. The van der Waals surface area contributed by atoms with E-state index in [1.165, 1.54) is 6.92 Å². The maximum Gasteiger partial charge on any atom is 0.434 e. The van der Waals surface area contributed by atoms with E-state index >= 15 is 0 Å². The first-order chi connectivity index (χ1) is 12.8. The van der Waals surface area contributed by atoms with Gasteiger partial charge in [-0.15, -0.1) is 11.3 Å². The molecular weight excluding hydrogens is 379 g/mol. The molecule has 6 nitrogen and oxygen atoms in total. The summed E-state index contributed by atoms with van der Waals surface area (Å²) in [6.07, 6.45) is -3.71. The van der Waals surface area contributed by atoms with Gasteiger partial charge in [-0.3, -0.25) is 9.79 Å². The predicted octanol–water partition coefficient (Wildman–Crippen LogP) is 3.03. The molecule has 0 aliphatic rings. The molecule has 0 atom stereocenters. The van der Waals surface area contributed by atoms with Gasteiger partial charge in [0, 0.05) is 31.6 Å². The third-order valence-electron chi connectivity index (χ3n) is 3.45. The standard InChI is InChI=1S/C17H20F3N5OS/c1-11(26)24-13-5-3-12(4-6-13)7-8-22-16(21-2)23-9-15-25-14(10-27-15)17(18,19)20/h3-6,10H,7-9H2,1-2H3,(H,24,26)(H2,21,22,23). The van der Waals surface area contributed by atoms with Crippen molar-refractivity contribution in [2.45, 2.75) is 26.1 Å². The Labute approximate surface area is 158 Å². The highest BCUT2D eigenvalue weighted by atomic mass is 32.1. The SMILES string of the molecule is CN=C(NCCc1ccc(NC(C)=O)cc1)NCc1nc(C(F)(F)F)cs1. The number of aromatic nitrogens is 1. The minimum atomic E-state index is -4.43. The van der Waals surface area contributed by atoms with Gasteiger partial charge in [0.05, 0.1) is 6.54 Å². The Hall–Kier alpha value is -2.62. The summed E-state index contributed by atoms with van der Waals surface area (Å²) in [4.78, 5) is 18.6. The fraction of sp³-hybridized carbons (Fsp3) is 0.353. The molecular formula is C17H20F3N5OS. The Bertz CT molecular complexity index is 787. The van der Waals surface area contributed by atoms with Crippen molar-refractivity contribution >= 4 is 28.9 Å². The van der Waals surface area contributed by atoms with Crippen LogP contribution in [0.4, 0.5) is 18.9 Å². The molecule has 0 fully saturated rings. The van der Waals surface area contributed by atoms with Crippen molar-refractivity contribution in [1.29, 1.82) is 0 Å². The number of thiazole rings is 1.